The fourth-order valence-electron chi connectivity index (χ4n) is 1.44. The lowest BCUT2D eigenvalue weighted by Gasteiger charge is -2.11. The molecule has 1 aromatic carbocycles. The summed E-state index contributed by atoms with van der Waals surface area (Å²) in [6, 6.07) is 9.59. The molecule has 1 unspecified atom stereocenters. The van der Waals surface area contributed by atoms with Crippen molar-refractivity contribution in [3.63, 3.8) is 0 Å². The molecule has 15 heavy (non-hydrogen) atoms. The van der Waals surface area contributed by atoms with Gasteiger partial charge in [0.2, 0.25) is 0 Å². The third-order valence-corrected chi connectivity index (χ3v) is 2.24. The number of methoxy groups -OCH3 is 1. The molecule has 0 radical (unpaired) electrons. The number of carbonyl (C=O) groups is 2. The molecule has 0 aliphatic heterocycles. The van der Waals surface area contributed by atoms with Crippen molar-refractivity contribution < 1.29 is 14.3 Å². The molecule has 0 fully saturated rings. The van der Waals surface area contributed by atoms with Crippen molar-refractivity contribution in [2.75, 3.05) is 7.11 Å². The van der Waals surface area contributed by atoms with Crippen LogP contribution in [0.1, 0.15) is 12.0 Å². The van der Waals surface area contributed by atoms with Crippen molar-refractivity contribution >= 4 is 12.3 Å². The topological polar surface area (TPSA) is 43.4 Å². The quantitative estimate of drug-likeness (QED) is 0.543. The maximum absolute atomic E-state index is 11.3. The van der Waals surface area contributed by atoms with Gasteiger partial charge in [-0.15, -0.1) is 0 Å². The van der Waals surface area contributed by atoms with Crippen LogP contribution in [-0.4, -0.2) is 19.4 Å². The Kier molecular flexibility index (Phi) is 4.54. The van der Waals surface area contributed by atoms with E-state index >= 15 is 0 Å². The fraction of sp³-hybridized carbons (Fsp3) is 0.333. The minimum absolute atomic E-state index is 0.210. The average Bonchev–Trinajstić information content (AvgIpc) is 2.29. The summed E-state index contributed by atoms with van der Waals surface area (Å²) in [5.74, 6) is -0.694. The first-order chi connectivity index (χ1) is 7.27. The maximum atomic E-state index is 11.3. The van der Waals surface area contributed by atoms with Crippen LogP contribution in [0.25, 0.3) is 0 Å². The molecule has 0 N–H and O–H groups in total. The van der Waals surface area contributed by atoms with Gasteiger partial charge in [-0.3, -0.25) is 4.79 Å². The molecule has 80 valence electrons. The van der Waals surface area contributed by atoms with Crippen LogP contribution in [0.5, 0.6) is 0 Å². The van der Waals surface area contributed by atoms with Gasteiger partial charge >= 0.3 is 5.97 Å². The van der Waals surface area contributed by atoms with Gasteiger partial charge in [-0.05, 0) is 12.0 Å². The van der Waals surface area contributed by atoms with E-state index in [0.29, 0.717) is 6.42 Å². The molecule has 0 aromatic heterocycles. The van der Waals surface area contributed by atoms with Crippen LogP contribution < -0.4 is 0 Å². The highest BCUT2D eigenvalue weighted by molar-refractivity contribution is 5.75. The molecule has 0 saturated heterocycles. The zero-order valence-corrected chi connectivity index (χ0v) is 8.68. The van der Waals surface area contributed by atoms with Crippen molar-refractivity contribution in [1.82, 2.24) is 0 Å². The molecule has 0 aliphatic carbocycles. The second-order valence-electron chi connectivity index (χ2n) is 3.31. The van der Waals surface area contributed by atoms with Gasteiger partial charge in [-0.25, -0.2) is 0 Å². The first-order valence-electron chi connectivity index (χ1n) is 4.83. The molecule has 0 aliphatic rings. The summed E-state index contributed by atoms with van der Waals surface area (Å²) in [7, 11) is 1.34. The molecule has 1 aromatic rings. The van der Waals surface area contributed by atoms with Gasteiger partial charge in [0.15, 0.2) is 0 Å². The first kappa shape index (κ1) is 11.4. The van der Waals surface area contributed by atoms with Gasteiger partial charge in [0, 0.05) is 6.42 Å². The summed E-state index contributed by atoms with van der Waals surface area (Å²) in [5, 5.41) is 0. The van der Waals surface area contributed by atoms with Crippen LogP contribution in [-0.2, 0) is 20.7 Å². The van der Waals surface area contributed by atoms with Crippen molar-refractivity contribution in [1.29, 1.82) is 0 Å². The lowest BCUT2D eigenvalue weighted by atomic mass is 9.97. The van der Waals surface area contributed by atoms with E-state index in [1.807, 2.05) is 30.3 Å². The lowest BCUT2D eigenvalue weighted by Crippen LogP contribution is -2.19. The Bertz CT molecular complexity index is 319. The number of hydrogen-bond acceptors (Lipinski definition) is 3. The molecule has 0 saturated carbocycles. The normalized spacial score (nSPS) is 11.8. The van der Waals surface area contributed by atoms with Crippen molar-refractivity contribution in [3.8, 4) is 0 Å². The zero-order chi connectivity index (χ0) is 11.1. The molecular formula is C12H14O3. The van der Waals surface area contributed by atoms with Gasteiger partial charge in [0.25, 0.3) is 0 Å². The number of ether oxygens (including phenoxy) is 1. The van der Waals surface area contributed by atoms with E-state index in [4.69, 9.17) is 0 Å². The summed E-state index contributed by atoms with van der Waals surface area (Å²) in [5.41, 5.74) is 1.04. The zero-order valence-electron chi connectivity index (χ0n) is 8.68. The molecule has 3 heteroatoms. The predicted octanol–water partition coefficient (Wildman–Crippen LogP) is 1.61. The van der Waals surface area contributed by atoms with Crippen molar-refractivity contribution in [3.05, 3.63) is 35.9 Å². The third kappa shape index (κ3) is 3.54. The molecule has 1 atom stereocenters. The Hall–Kier alpha value is -1.64. The summed E-state index contributed by atoms with van der Waals surface area (Å²) in [6.07, 6.45) is 1.51. The Morgan fingerprint density at radius 2 is 2.07 bits per heavy atom. The molecule has 3 nitrogen and oxygen atoms in total. The Balaban J connectivity index is 2.66. The average molecular weight is 206 g/mol. The molecule has 0 amide bonds. The largest absolute Gasteiger partial charge is 0.469 e. The number of benzene rings is 1. The van der Waals surface area contributed by atoms with E-state index in [1.54, 1.807) is 0 Å². The number of esters is 1. The molecular weight excluding hydrogens is 192 g/mol. The number of aldehydes is 1. The second-order valence-corrected chi connectivity index (χ2v) is 3.31. The molecule has 0 spiro atoms. The maximum Gasteiger partial charge on any atom is 0.309 e. The van der Waals surface area contributed by atoms with E-state index in [0.717, 1.165) is 11.8 Å². The van der Waals surface area contributed by atoms with Gasteiger partial charge in [0.1, 0.15) is 6.29 Å². The minimum atomic E-state index is -0.366. The van der Waals surface area contributed by atoms with Crippen LogP contribution >= 0.6 is 0 Å². The molecule has 1 rings (SSSR count). The van der Waals surface area contributed by atoms with Crippen LogP contribution in [0.3, 0.4) is 0 Å². The van der Waals surface area contributed by atoms with Crippen molar-refractivity contribution in [2.45, 2.75) is 12.8 Å². The Morgan fingerprint density at radius 3 is 2.60 bits per heavy atom. The smallest absolute Gasteiger partial charge is 0.309 e. The van der Waals surface area contributed by atoms with Gasteiger partial charge in [-0.1, -0.05) is 30.3 Å². The van der Waals surface area contributed by atoms with Crippen LogP contribution in [0.15, 0.2) is 30.3 Å². The van der Waals surface area contributed by atoms with E-state index in [2.05, 4.69) is 4.74 Å². The van der Waals surface area contributed by atoms with Crippen LogP contribution in [0, 0.1) is 5.92 Å². The highest BCUT2D eigenvalue weighted by atomic mass is 16.5. The lowest BCUT2D eigenvalue weighted by molar-refractivity contribution is -0.146. The van der Waals surface area contributed by atoms with E-state index in [1.165, 1.54) is 7.11 Å². The third-order valence-electron chi connectivity index (χ3n) is 2.24. The van der Waals surface area contributed by atoms with E-state index < -0.39 is 0 Å². The predicted molar refractivity (Wildman–Crippen MR) is 56.3 cm³/mol. The molecule has 0 heterocycles. The highest BCUT2D eigenvalue weighted by Crippen LogP contribution is 2.12. The number of carbonyl (C=O) groups excluding carboxylic acids is 2. The SMILES string of the molecule is COC(=O)C(CC=O)Cc1ccccc1. The Morgan fingerprint density at radius 1 is 1.40 bits per heavy atom. The first-order valence-corrected chi connectivity index (χ1v) is 4.83. The van der Waals surface area contributed by atoms with E-state index in [-0.39, 0.29) is 18.3 Å². The Labute approximate surface area is 89.1 Å². The fourth-order valence-corrected chi connectivity index (χ4v) is 1.44. The monoisotopic (exact) mass is 206 g/mol. The number of hydrogen-bond donors (Lipinski definition) is 0. The van der Waals surface area contributed by atoms with Gasteiger partial charge < -0.3 is 9.53 Å². The van der Waals surface area contributed by atoms with Crippen molar-refractivity contribution in [2.24, 2.45) is 5.92 Å². The highest BCUT2D eigenvalue weighted by Gasteiger charge is 2.18. The summed E-state index contributed by atoms with van der Waals surface area (Å²) >= 11 is 0. The minimum Gasteiger partial charge on any atom is -0.469 e. The van der Waals surface area contributed by atoms with Crippen LogP contribution in [0.4, 0.5) is 0 Å². The summed E-state index contributed by atoms with van der Waals surface area (Å²) in [6.45, 7) is 0. The van der Waals surface area contributed by atoms with Gasteiger partial charge in [-0.2, -0.15) is 0 Å². The standard InChI is InChI=1S/C12H14O3/c1-15-12(14)11(7-8-13)9-10-5-3-2-4-6-10/h2-6,8,11H,7,9H2,1H3. The van der Waals surface area contributed by atoms with E-state index in [9.17, 15) is 9.59 Å². The van der Waals surface area contributed by atoms with Gasteiger partial charge in [0.05, 0.1) is 13.0 Å². The summed E-state index contributed by atoms with van der Waals surface area (Å²) in [4.78, 5) is 21.7. The second kappa shape index (κ2) is 5.96. The summed E-state index contributed by atoms with van der Waals surface area (Å²) < 4.78 is 4.64. The van der Waals surface area contributed by atoms with Crippen LogP contribution in [0.2, 0.25) is 0 Å². The molecule has 0 bridgehead atoms. The number of rotatable bonds is 5.